The highest BCUT2D eigenvalue weighted by atomic mass is 19.1. The maximum absolute atomic E-state index is 14.7. The van der Waals surface area contributed by atoms with E-state index in [1.807, 2.05) is 0 Å². The molecule has 0 unspecified atom stereocenters. The van der Waals surface area contributed by atoms with Crippen molar-refractivity contribution in [3.05, 3.63) is 11.1 Å². The lowest BCUT2D eigenvalue weighted by Crippen LogP contribution is -2.56. The van der Waals surface area contributed by atoms with Crippen molar-refractivity contribution in [1.29, 1.82) is 0 Å². The van der Waals surface area contributed by atoms with Crippen molar-refractivity contribution in [2.24, 2.45) is 5.92 Å². The molecule has 0 amide bonds. The van der Waals surface area contributed by atoms with E-state index < -0.39 is 11.8 Å². The van der Waals surface area contributed by atoms with Gasteiger partial charge in [-0.2, -0.15) is 0 Å². The van der Waals surface area contributed by atoms with Gasteiger partial charge in [0.1, 0.15) is 11.8 Å². The maximum atomic E-state index is 14.7. The number of piperidine rings is 1. The molecule has 0 aliphatic carbocycles. The van der Waals surface area contributed by atoms with Gasteiger partial charge in [-0.15, -0.1) is 0 Å². The molecule has 3 heteroatoms. The van der Waals surface area contributed by atoms with Gasteiger partial charge in [0.15, 0.2) is 0 Å². The number of alkyl halides is 1. The van der Waals surface area contributed by atoms with E-state index in [0.29, 0.717) is 25.1 Å². The van der Waals surface area contributed by atoms with Crippen LogP contribution in [0.15, 0.2) is 11.1 Å². The summed E-state index contributed by atoms with van der Waals surface area (Å²) in [5, 5.41) is 0. The van der Waals surface area contributed by atoms with Crippen LogP contribution in [0.4, 0.5) is 4.39 Å². The lowest BCUT2D eigenvalue weighted by molar-refractivity contribution is -0.0937. The minimum atomic E-state index is -0.900. The van der Waals surface area contributed by atoms with Crippen LogP contribution in [0, 0.1) is 5.92 Å². The van der Waals surface area contributed by atoms with E-state index in [1.54, 1.807) is 0 Å². The lowest BCUT2D eigenvalue weighted by atomic mass is 9.77. The smallest absolute Gasteiger partial charge is 0.145 e. The molecule has 1 saturated heterocycles. The quantitative estimate of drug-likeness (QED) is 0.703. The van der Waals surface area contributed by atoms with E-state index >= 15 is 0 Å². The molecular weight excluding hydrogens is 229 g/mol. The predicted molar refractivity (Wildman–Crippen MR) is 72.4 cm³/mol. The first-order chi connectivity index (χ1) is 8.38. The van der Waals surface area contributed by atoms with Crippen molar-refractivity contribution in [2.75, 3.05) is 19.7 Å². The molecule has 0 aromatic rings. The topological polar surface area (TPSA) is 12.5 Å². The molecule has 0 bridgehead atoms. The Kier molecular flexibility index (Phi) is 3.84. The third-order valence-corrected chi connectivity index (χ3v) is 4.44. The van der Waals surface area contributed by atoms with Crippen LogP contribution in [0.2, 0.25) is 0 Å². The van der Waals surface area contributed by atoms with Crippen molar-refractivity contribution in [1.82, 2.24) is 4.90 Å². The first-order valence-electron chi connectivity index (χ1n) is 7.10. The molecule has 2 atom stereocenters. The zero-order valence-corrected chi connectivity index (χ0v) is 12.3. The van der Waals surface area contributed by atoms with E-state index in [1.165, 1.54) is 11.1 Å². The normalized spacial score (nSPS) is 34.3. The fourth-order valence-corrected chi connectivity index (χ4v) is 3.58. The van der Waals surface area contributed by atoms with Crippen LogP contribution in [-0.4, -0.2) is 42.4 Å². The van der Waals surface area contributed by atoms with Gasteiger partial charge < -0.3 is 4.74 Å². The number of hydrogen-bond donors (Lipinski definition) is 0. The highest BCUT2D eigenvalue weighted by Crippen LogP contribution is 2.45. The summed E-state index contributed by atoms with van der Waals surface area (Å²) < 4.78 is 20.7. The fraction of sp³-hybridized carbons (Fsp3) is 0.867. The summed E-state index contributed by atoms with van der Waals surface area (Å²) in [5.74, 6) is 0.372. The molecule has 2 rings (SSSR count). The number of nitrogens with zero attached hydrogens (tertiary/aromatic N) is 1. The Bertz CT molecular complexity index is 350. The average Bonchev–Trinajstić information content (AvgIpc) is 2.61. The molecule has 2 nitrogen and oxygen atoms in total. The maximum Gasteiger partial charge on any atom is 0.145 e. The molecule has 0 N–H and O–H groups in total. The standard InChI is InChI=1S/C15H26FNO/c1-10(2)14-12(5)9-18-15(14)6-7-17(11(3)4)8-13(15)16/h10-11,13H,6-9H2,1-5H3/t13-,15-/m1/s1. The van der Waals surface area contributed by atoms with E-state index in [9.17, 15) is 4.39 Å². The zero-order valence-electron chi connectivity index (χ0n) is 12.3. The van der Waals surface area contributed by atoms with Gasteiger partial charge in [-0.3, -0.25) is 4.90 Å². The Morgan fingerprint density at radius 1 is 1.33 bits per heavy atom. The van der Waals surface area contributed by atoms with Gasteiger partial charge in [0.25, 0.3) is 0 Å². The Balaban J connectivity index is 2.24. The number of halogens is 1. The molecule has 1 spiro atoms. The fourth-order valence-electron chi connectivity index (χ4n) is 3.58. The number of likely N-dealkylation sites (tertiary alicyclic amines) is 1. The van der Waals surface area contributed by atoms with Gasteiger partial charge in [0.05, 0.1) is 6.61 Å². The van der Waals surface area contributed by atoms with Gasteiger partial charge >= 0.3 is 0 Å². The largest absolute Gasteiger partial charge is 0.363 e. The molecular formula is C15H26FNO. The lowest BCUT2D eigenvalue weighted by Gasteiger charge is -2.45. The van der Waals surface area contributed by atoms with Crippen molar-refractivity contribution >= 4 is 0 Å². The summed E-state index contributed by atoms with van der Waals surface area (Å²) in [6.45, 7) is 12.7. The Morgan fingerprint density at radius 2 is 2.00 bits per heavy atom. The van der Waals surface area contributed by atoms with Gasteiger partial charge in [-0.05, 0) is 44.3 Å². The second kappa shape index (κ2) is 4.93. The van der Waals surface area contributed by atoms with E-state index in [-0.39, 0.29) is 0 Å². The Morgan fingerprint density at radius 3 is 2.50 bits per heavy atom. The first kappa shape index (κ1) is 14.0. The van der Waals surface area contributed by atoms with Crippen LogP contribution < -0.4 is 0 Å². The minimum absolute atomic E-state index is 0.372. The molecule has 0 aromatic carbocycles. The Labute approximate surface area is 110 Å². The molecule has 1 fully saturated rings. The summed E-state index contributed by atoms with van der Waals surface area (Å²) in [6, 6.07) is 0.412. The first-order valence-corrected chi connectivity index (χ1v) is 7.10. The van der Waals surface area contributed by atoms with Crippen LogP contribution in [0.3, 0.4) is 0 Å². The molecule has 104 valence electrons. The van der Waals surface area contributed by atoms with Crippen LogP contribution in [0.25, 0.3) is 0 Å². The van der Waals surface area contributed by atoms with E-state index in [0.717, 1.165) is 13.0 Å². The summed E-state index contributed by atoms with van der Waals surface area (Å²) in [4.78, 5) is 2.21. The summed E-state index contributed by atoms with van der Waals surface area (Å²) in [7, 11) is 0. The highest BCUT2D eigenvalue weighted by Gasteiger charge is 2.51. The van der Waals surface area contributed by atoms with E-state index in [4.69, 9.17) is 4.74 Å². The second-order valence-corrected chi connectivity index (χ2v) is 6.33. The molecule has 18 heavy (non-hydrogen) atoms. The summed E-state index contributed by atoms with van der Waals surface area (Å²) in [6.07, 6.45) is -0.111. The minimum Gasteiger partial charge on any atom is -0.363 e. The van der Waals surface area contributed by atoms with Crippen LogP contribution in [0.1, 0.15) is 41.0 Å². The van der Waals surface area contributed by atoms with Crippen molar-refractivity contribution < 1.29 is 9.13 Å². The van der Waals surface area contributed by atoms with Crippen LogP contribution >= 0.6 is 0 Å². The van der Waals surface area contributed by atoms with Crippen molar-refractivity contribution in [2.45, 2.75) is 58.9 Å². The highest BCUT2D eigenvalue weighted by molar-refractivity contribution is 5.33. The summed E-state index contributed by atoms with van der Waals surface area (Å²) in [5.41, 5.74) is 1.84. The summed E-state index contributed by atoms with van der Waals surface area (Å²) >= 11 is 0. The molecule has 0 saturated carbocycles. The van der Waals surface area contributed by atoms with Crippen molar-refractivity contribution in [3.63, 3.8) is 0 Å². The predicted octanol–water partition coefficient (Wildman–Crippen LogP) is 3.18. The zero-order chi connectivity index (χ0) is 13.5. The number of ether oxygens (including phenoxy) is 1. The molecule has 0 aromatic heterocycles. The van der Waals surface area contributed by atoms with Gasteiger partial charge in [0, 0.05) is 19.1 Å². The van der Waals surface area contributed by atoms with Crippen LogP contribution in [-0.2, 0) is 4.74 Å². The second-order valence-electron chi connectivity index (χ2n) is 6.33. The number of rotatable bonds is 2. The average molecular weight is 255 g/mol. The van der Waals surface area contributed by atoms with Gasteiger partial charge in [-0.1, -0.05) is 13.8 Å². The SMILES string of the molecule is CC1=C(C(C)C)[C@]2(CCN(C(C)C)C[C@H]2F)OC1. The third kappa shape index (κ3) is 2.12. The Hall–Kier alpha value is -0.410. The monoisotopic (exact) mass is 255 g/mol. The third-order valence-electron chi connectivity index (χ3n) is 4.44. The molecule has 0 radical (unpaired) electrons. The van der Waals surface area contributed by atoms with Gasteiger partial charge in [0.2, 0.25) is 0 Å². The molecule has 2 heterocycles. The van der Waals surface area contributed by atoms with Gasteiger partial charge in [-0.25, -0.2) is 4.39 Å². The molecule has 2 aliphatic heterocycles. The molecule has 2 aliphatic rings. The van der Waals surface area contributed by atoms with E-state index in [2.05, 4.69) is 39.5 Å². The van der Waals surface area contributed by atoms with Crippen LogP contribution in [0.5, 0.6) is 0 Å². The van der Waals surface area contributed by atoms with Crippen molar-refractivity contribution in [3.8, 4) is 0 Å². The number of hydrogen-bond acceptors (Lipinski definition) is 2.